The fourth-order valence-electron chi connectivity index (χ4n) is 2.60. The van der Waals surface area contributed by atoms with Gasteiger partial charge in [-0.15, -0.1) is 0 Å². The van der Waals surface area contributed by atoms with E-state index in [0.29, 0.717) is 40.3 Å². The van der Waals surface area contributed by atoms with Gasteiger partial charge in [0.1, 0.15) is 6.61 Å². The molecule has 0 saturated heterocycles. The number of ether oxygens (including phenoxy) is 2. The highest BCUT2D eigenvalue weighted by atomic mass is 35.5. The number of hydrogen-bond donors (Lipinski definition) is 1. The first-order valence-corrected chi connectivity index (χ1v) is 10.0. The lowest BCUT2D eigenvalue weighted by molar-refractivity contribution is 0.0955. The zero-order chi connectivity index (χ0) is 21.3. The number of nitrogens with zero attached hydrogens (tertiary/aromatic N) is 1. The van der Waals surface area contributed by atoms with E-state index >= 15 is 0 Å². The van der Waals surface area contributed by atoms with Crippen molar-refractivity contribution in [3.8, 4) is 11.5 Å². The average Bonchev–Trinajstić information content (AvgIpc) is 2.76. The van der Waals surface area contributed by atoms with Crippen LogP contribution in [0, 0.1) is 0 Å². The Balaban J connectivity index is 1.66. The molecule has 0 atom stereocenters. The van der Waals surface area contributed by atoms with E-state index in [1.165, 1.54) is 0 Å². The summed E-state index contributed by atoms with van der Waals surface area (Å²) >= 11 is 12.0. The summed E-state index contributed by atoms with van der Waals surface area (Å²) in [5.74, 6) is 0.891. The molecule has 154 valence electrons. The minimum atomic E-state index is -0.279. The summed E-state index contributed by atoms with van der Waals surface area (Å²) < 4.78 is 11.6. The van der Waals surface area contributed by atoms with E-state index in [1.807, 2.05) is 25.1 Å². The third-order valence-corrected chi connectivity index (χ3v) is 4.80. The molecule has 5 nitrogen and oxygen atoms in total. The Kier molecular flexibility index (Phi) is 7.71. The monoisotopic (exact) mass is 442 g/mol. The molecule has 0 aromatic heterocycles. The van der Waals surface area contributed by atoms with Crippen molar-refractivity contribution in [3.63, 3.8) is 0 Å². The van der Waals surface area contributed by atoms with E-state index in [9.17, 15) is 4.79 Å². The Labute approximate surface area is 185 Å². The molecule has 1 amide bonds. The predicted molar refractivity (Wildman–Crippen MR) is 120 cm³/mol. The number of nitrogens with one attached hydrogen (secondary N) is 1. The largest absolute Gasteiger partial charge is 0.490 e. The molecule has 3 rings (SSSR count). The van der Waals surface area contributed by atoms with Gasteiger partial charge in [0.25, 0.3) is 5.91 Å². The first-order chi connectivity index (χ1) is 14.6. The SMILES string of the molecule is CCOc1cc(/C=N/NC(=O)c2ccccc2)ccc1OCc1ccc(Cl)c(Cl)c1. The van der Waals surface area contributed by atoms with Gasteiger partial charge in [0.2, 0.25) is 0 Å². The van der Waals surface area contributed by atoms with E-state index in [-0.39, 0.29) is 5.91 Å². The van der Waals surface area contributed by atoms with E-state index < -0.39 is 0 Å². The number of benzene rings is 3. The highest BCUT2D eigenvalue weighted by Gasteiger charge is 2.08. The molecule has 1 N–H and O–H groups in total. The van der Waals surface area contributed by atoms with Gasteiger partial charge in [0.15, 0.2) is 11.5 Å². The second-order valence-electron chi connectivity index (χ2n) is 6.24. The lowest BCUT2D eigenvalue weighted by Gasteiger charge is -2.13. The van der Waals surface area contributed by atoms with Crippen molar-refractivity contribution < 1.29 is 14.3 Å². The number of carbonyl (C=O) groups excluding carboxylic acids is 1. The van der Waals surface area contributed by atoms with Crippen LogP contribution in [0.5, 0.6) is 11.5 Å². The van der Waals surface area contributed by atoms with Crippen molar-refractivity contribution in [2.24, 2.45) is 5.10 Å². The third-order valence-electron chi connectivity index (χ3n) is 4.06. The molecule has 0 heterocycles. The van der Waals surface area contributed by atoms with Crippen LogP contribution in [0.25, 0.3) is 0 Å². The zero-order valence-electron chi connectivity index (χ0n) is 16.3. The van der Waals surface area contributed by atoms with Crippen molar-refractivity contribution in [2.75, 3.05) is 6.61 Å². The molecule has 0 aliphatic heterocycles. The van der Waals surface area contributed by atoms with E-state index in [1.54, 1.807) is 54.7 Å². The summed E-state index contributed by atoms with van der Waals surface area (Å²) in [5, 5.41) is 4.99. The van der Waals surface area contributed by atoms with Crippen LogP contribution in [0.1, 0.15) is 28.4 Å². The molecule has 0 spiro atoms. The maximum atomic E-state index is 12.0. The van der Waals surface area contributed by atoms with Crippen LogP contribution in [0.2, 0.25) is 10.0 Å². The van der Waals surface area contributed by atoms with Gasteiger partial charge in [-0.1, -0.05) is 47.5 Å². The lowest BCUT2D eigenvalue weighted by Crippen LogP contribution is -2.17. The van der Waals surface area contributed by atoms with Crippen molar-refractivity contribution in [3.05, 3.63) is 93.5 Å². The number of halogens is 2. The van der Waals surface area contributed by atoms with Crippen molar-refractivity contribution >= 4 is 35.3 Å². The zero-order valence-corrected chi connectivity index (χ0v) is 17.8. The number of carbonyl (C=O) groups is 1. The molecule has 0 unspecified atom stereocenters. The standard InChI is InChI=1S/C23H20Cl2N2O3/c1-2-29-22-13-16(14-26-27-23(28)18-6-4-3-5-7-18)9-11-21(22)30-15-17-8-10-19(24)20(25)12-17/h3-14H,2,15H2,1H3,(H,27,28)/b26-14+. The van der Waals surface area contributed by atoms with Crippen LogP contribution >= 0.6 is 23.2 Å². The first-order valence-electron chi connectivity index (χ1n) is 9.29. The van der Waals surface area contributed by atoms with Crippen molar-refractivity contribution in [2.45, 2.75) is 13.5 Å². The van der Waals surface area contributed by atoms with Gasteiger partial charge < -0.3 is 9.47 Å². The van der Waals surface area contributed by atoms with Gasteiger partial charge >= 0.3 is 0 Å². The summed E-state index contributed by atoms with van der Waals surface area (Å²) in [5.41, 5.74) is 4.69. The van der Waals surface area contributed by atoms with Crippen molar-refractivity contribution in [1.29, 1.82) is 0 Å². The number of hydrazone groups is 1. The maximum Gasteiger partial charge on any atom is 0.271 e. The fourth-order valence-corrected chi connectivity index (χ4v) is 2.92. The normalized spacial score (nSPS) is 10.8. The van der Waals surface area contributed by atoms with E-state index in [0.717, 1.165) is 11.1 Å². The summed E-state index contributed by atoms with van der Waals surface area (Å²) in [6.45, 7) is 2.69. The van der Waals surface area contributed by atoms with Crippen LogP contribution in [0.4, 0.5) is 0 Å². The van der Waals surface area contributed by atoms with Crippen LogP contribution in [0.15, 0.2) is 71.8 Å². The molecule has 3 aromatic carbocycles. The fraction of sp³-hybridized carbons (Fsp3) is 0.130. The Morgan fingerprint density at radius 3 is 2.50 bits per heavy atom. The Morgan fingerprint density at radius 2 is 1.77 bits per heavy atom. The molecule has 7 heteroatoms. The van der Waals surface area contributed by atoms with Gasteiger partial charge in [0.05, 0.1) is 22.9 Å². The molecule has 0 fully saturated rings. The molecule has 0 saturated carbocycles. The van der Waals surface area contributed by atoms with Crippen LogP contribution in [-0.2, 0) is 6.61 Å². The average molecular weight is 443 g/mol. The molecule has 0 bridgehead atoms. The predicted octanol–water partition coefficient (Wildman–Crippen LogP) is 5.74. The van der Waals surface area contributed by atoms with Crippen molar-refractivity contribution in [1.82, 2.24) is 5.43 Å². The third kappa shape index (κ3) is 5.99. The minimum Gasteiger partial charge on any atom is -0.490 e. The topological polar surface area (TPSA) is 59.9 Å². The van der Waals surface area contributed by atoms with Gasteiger partial charge in [-0.25, -0.2) is 5.43 Å². The summed E-state index contributed by atoms with van der Waals surface area (Å²) in [6, 6.07) is 19.6. The molecule has 30 heavy (non-hydrogen) atoms. The quantitative estimate of drug-likeness (QED) is 0.357. The Morgan fingerprint density at radius 1 is 0.967 bits per heavy atom. The number of rotatable bonds is 8. The highest BCUT2D eigenvalue weighted by molar-refractivity contribution is 6.42. The Hall–Kier alpha value is -3.02. The van der Waals surface area contributed by atoms with Gasteiger partial charge in [-0.2, -0.15) is 5.10 Å². The smallest absolute Gasteiger partial charge is 0.271 e. The van der Waals surface area contributed by atoms with E-state index in [2.05, 4.69) is 10.5 Å². The summed E-state index contributed by atoms with van der Waals surface area (Å²) in [4.78, 5) is 12.0. The second-order valence-corrected chi connectivity index (χ2v) is 7.06. The van der Waals surface area contributed by atoms with Gasteiger partial charge in [-0.05, 0) is 60.5 Å². The maximum absolute atomic E-state index is 12.0. The Bertz CT molecular complexity index is 1040. The second kappa shape index (κ2) is 10.7. The van der Waals surface area contributed by atoms with Crippen LogP contribution in [-0.4, -0.2) is 18.7 Å². The molecule has 0 aliphatic rings. The summed E-state index contributed by atoms with van der Waals surface area (Å²) in [6.07, 6.45) is 1.55. The molecular weight excluding hydrogens is 423 g/mol. The molecule has 0 radical (unpaired) electrons. The minimum absolute atomic E-state index is 0.279. The number of amides is 1. The summed E-state index contributed by atoms with van der Waals surface area (Å²) in [7, 11) is 0. The lowest BCUT2D eigenvalue weighted by atomic mass is 10.2. The van der Waals surface area contributed by atoms with Crippen LogP contribution in [0.3, 0.4) is 0 Å². The molecule has 3 aromatic rings. The molecular formula is C23H20Cl2N2O3. The van der Waals surface area contributed by atoms with Gasteiger partial charge in [0, 0.05) is 5.56 Å². The van der Waals surface area contributed by atoms with Gasteiger partial charge in [-0.3, -0.25) is 4.79 Å². The number of hydrogen-bond acceptors (Lipinski definition) is 4. The first kappa shape index (κ1) is 21.7. The highest BCUT2D eigenvalue weighted by Crippen LogP contribution is 2.30. The van der Waals surface area contributed by atoms with Crippen LogP contribution < -0.4 is 14.9 Å². The molecule has 0 aliphatic carbocycles. The van der Waals surface area contributed by atoms with E-state index in [4.69, 9.17) is 32.7 Å².